The molecule has 2 aliphatic rings. The lowest BCUT2D eigenvalue weighted by molar-refractivity contribution is -0.122. The van der Waals surface area contributed by atoms with Crippen molar-refractivity contribution in [3.05, 3.63) is 48.4 Å². The number of nitrogens with two attached hydrogens (primary N) is 1. The van der Waals surface area contributed by atoms with Crippen LogP contribution in [-0.2, 0) is 11.3 Å². The third-order valence-corrected chi connectivity index (χ3v) is 6.33. The van der Waals surface area contributed by atoms with Crippen LogP contribution in [0.25, 0.3) is 27.7 Å². The van der Waals surface area contributed by atoms with E-state index in [1.165, 1.54) is 4.52 Å². The number of carbonyl (C=O) groups excluding carboxylic acids is 2. The number of aromatic nitrogens is 4. The minimum atomic E-state index is -0.497. The first kappa shape index (κ1) is 19.7. The Morgan fingerprint density at radius 2 is 2.03 bits per heavy atom. The van der Waals surface area contributed by atoms with Crippen LogP contribution in [0.4, 0.5) is 10.6 Å². The smallest absolute Gasteiger partial charge is 0.324 e. The molecule has 2 saturated heterocycles. The second-order valence-corrected chi connectivity index (χ2v) is 8.31. The number of benzene rings is 1. The van der Waals surface area contributed by atoms with Gasteiger partial charge in [-0.05, 0) is 17.6 Å². The van der Waals surface area contributed by atoms with Gasteiger partial charge < -0.3 is 10.6 Å². The molecule has 0 aliphatic carbocycles. The maximum Gasteiger partial charge on any atom is 0.324 e. The van der Waals surface area contributed by atoms with Crippen molar-refractivity contribution in [1.82, 2.24) is 34.7 Å². The van der Waals surface area contributed by atoms with Gasteiger partial charge in [-0.1, -0.05) is 18.2 Å². The summed E-state index contributed by atoms with van der Waals surface area (Å²) in [6.07, 6.45) is 3.50. The molecule has 2 radical (unpaired) electrons. The van der Waals surface area contributed by atoms with Gasteiger partial charge >= 0.3 is 6.03 Å². The molecule has 2 aliphatic heterocycles. The summed E-state index contributed by atoms with van der Waals surface area (Å²) in [5.41, 5.74) is 10.4. The highest BCUT2D eigenvalue weighted by atomic mass is 16.2. The van der Waals surface area contributed by atoms with Crippen molar-refractivity contribution in [1.29, 1.82) is 0 Å². The molecule has 4 aromatic rings. The molecule has 6 rings (SSSR count). The summed E-state index contributed by atoms with van der Waals surface area (Å²) in [5, 5.41) is 7.78. The van der Waals surface area contributed by atoms with Crippen LogP contribution in [-0.4, -0.2) is 74.8 Å². The van der Waals surface area contributed by atoms with E-state index in [-0.39, 0.29) is 11.9 Å². The third-order valence-electron chi connectivity index (χ3n) is 6.33. The first-order valence-electron chi connectivity index (χ1n) is 10.6. The summed E-state index contributed by atoms with van der Waals surface area (Å²) in [6, 6.07) is 9.10. The van der Waals surface area contributed by atoms with Crippen LogP contribution in [0, 0.1) is 0 Å². The summed E-state index contributed by atoms with van der Waals surface area (Å²) in [4.78, 5) is 36.9. The fourth-order valence-electron chi connectivity index (χ4n) is 4.54. The van der Waals surface area contributed by atoms with Crippen molar-refractivity contribution in [2.75, 3.05) is 25.4 Å². The van der Waals surface area contributed by atoms with E-state index in [2.05, 4.69) is 20.3 Å². The topological polar surface area (TPSA) is 122 Å². The molecule has 11 heteroatoms. The zero-order chi connectivity index (χ0) is 22.7. The van der Waals surface area contributed by atoms with Crippen LogP contribution in [0.2, 0.25) is 0 Å². The van der Waals surface area contributed by atoms with E-state index >= 15 is 0 Å². The molecule has 1 unspecified atom stereocenters. The summed E-state index contributed by atoms with van der Waals surface area (Å²) < 4.78 is 1.53. The van der Waals surface area contributed by atoms with Gasteiger partial charge in [-0.3, -0.25) is 20.0 Å². The van der Waals surface area contributed by atoms with Crippen LogP contribution in [0.15, 0.2) is 42.7 Å². The molecule has 0 bridgehead atoms. The van der Waals surface area contributed by atoms with Crippen LogP contribution in [0.3, 0.4) is 0 Å². The normalized spacial score (nSPS) is 18.8. The number of imide groups is 1. The number of urea groups is 1. The Balaban J connectivity index is 1.36. The predicted octanol–water partition coefficient (Wildman–Crippen LogP) is 0.0565. The van der Waals surface area contributed by atoms with Crippen LogP contribution in [0.5, 0.6) is 0 Å². The van der Waals surface area contributed by atoms with E-state index in [1.807, 2.05) is 30.3 Å². The Morgan fingerprint density at radius 1 is 1.18 bits per heavy atom. The van der Waals surface area contributed by atoms with Crippen LogP contribution >= 0.6 is 0 Å². The highest BCUT2D eigenvalue weighted by Gasteiger charge is 2.42. The average Bonchev–Trinajstić information content (AvgIpc) is 3.37. The highest BCUT2D eigenvalue weighted by molar-refractivity contribution is 6.36. The molecule has 3 aromatic heterocycles. The van der Waals surface area contributed by atoms with E-state index in [4.69, 9.17) is 18.6 Å². The van der Waals surface area contributed by atoms with Gasteiger partial charge in [0, 0.05) is 48.9 Å². The van der Waals surface area contributed by atoms with Crippen molar-refractivity contribution < 1.29 is 9.59 Å². The average molecular weight is 438 g/mol. The number of hydrogen-bond donors (Lipinski definition) is 2. The van der Waals surface area contributed by atoms with Gasteiger partial charge in [0.15, 0.2) is 5.65 Å². The van der Waals surface area contributed by atoms with E-state index in [9.17, 15) is 9.59 Å². The number of para-hydroxylation sites is 1. The molecule has 0 saturated carbocycles. The van der Waals surface area contributed by atoms with E-state index in [0.717, 1.165) is 22.0 Å². The minimum absolute atomic E-state index is 0.275. The molecule has 33 heavy (non-hydrogen) atoms. The standard InChI is InChI=1S/C22H19BN8O2/c23-18-16(10-29-5-6-30-17(11-29)21(32)28-22(30)33)27-20-14(9-26-31(20)19(18)24)13-7-12-3-1-2-4-15(12)25-8-13/h1-4,7-9,17H,5-6,10-11,24H2,(H,28,32,33). The monoisotopic (exact) mass is 438 g/mol. The van der Waals surface area contributed by atoms with Gasteiger partial charge in [0.05, 0.1) is 17.4 Å². The molecule has 0 spiro atoms. The maximum atomic E-state index is 12.1. The summed E-state index contributed by atoms with van der Waals surface area (Å²) in [7, 11) is 6.31. The van der Waals surface area contributed by atoms with Crippen LogP contribution < -0.4 is 16.5 Å². The van der Waals surface area contributed by atoms with E-state index < -0.39 is 6.04 Å². The molecule has 3 N–H and O–H groups in total. The van der Waals surface area contributed by atoms with Crippen molar-refractivity contribution in [2.45, 2.75) is 12.6 Å². The lowest BCUT2D eigenvalue weighted by Crippen LogP contribution is -2.53. The molecule has 1 atom stereocenters. The van der Waals surface area contributed by atoms with Gasteiger partial charge in [0.25, 0.3) is 5.91 Å². The number of amides is 3. The Labute approximate surface area is 189 Å². The Morgan fingerprint density at radius 3 is 2.91 bits per heavy atom. The number of nitrogens with zero attached hydrogens (tertiary/aromatic N) is 6. The SMILES string of the molecule is [B]c1c(CN2CCN3C(=O)NC(=O)C3C2)nc2c(-c3cnc4ccccc4c3)cnn2c1N. The van der Waals surface area contributed by atoms with Crippen LogP contribution in [0.1, 0.15) is 5.69 Å². The zero-order valence-corrected chi connectivity index (χ0v) is 17.6. The third kappa shape index (κ3) is 3.12. The Hall–Kier alpha value is -3.99. The Kier molecular flexibility index (Phi) is 4.34. The van der Waals surface area contributed by atoms with E-state index in [1.54, 1.807) is 17.3 Å². The lowest BCUT2D eigenvalue weighted by Gasteiger charge is -2.35. The zero-order valence-electron chi connectivity index (χ0n) is 17.6. The van der Waals surface area contributed by atoms with Gasteiger partial charge in [0.2, 0.25) is 0 Å². The number of piperazine rings is 1. The number of carbonyl (C=O) groups is 2. The lowest BCUT2D eigenvalue weighted by atomic mass is 9.93. The number of nitrogens with one attached hydrogen (secondary N) is 1. The van der Waals surface area contributed by atoms with Gasteiger partial charge in [-0.25, -0.2) is 9.78 Å². The van der Waals surface area contributed by atoms with Gasteiger partial charge in [0.1, 0.15) is 19.7 Å². The molecular formula is C22H19BN8O2. The first-order chi connectivity index (χ1) is 16.0. The second-order valence-electron chi connectivity index (χ2n) is 8.31. The Bertz CT molecular complexity index is 1450. The first-order valence-corrected chi connectivity index (χ1v) is 10.6. The number of pyridine rings is 1. The molecule has 2 fully saturated rings. The predicted molar refractivity (Wildman–Crippen MR) is 123 cm³/mol. The van der Waals surface area contributed by atoms with Crippen molar-refractivity contribution in [3.63, 3.8) is 0 Å². The number of rotatable bonds is 3. The number of anilines is 1. The largest absolute Gasteiger partial charge is 0.384 e. The number of nitrogen functional groups attached to an aromatic ring is 1. The fourth-order valence-corrected chi connectivity index (χ4v) is 4.54. The van der Waals surface area contributed by atoms with Crippen molar-refractivity contribution in [3.8, 4) is 11.1 Å². The quantitative estimate of drug-likeness (QED) is 0.343. The molecular weight excluding hydrogens is 419 g/mol. The maximum absolute atomic E-state index is 12.1. The fraction of sp³-hybridized carbons (Fsp3) is 0.227. The summed E-state index contributed by atoms with van der Waals surface area (Å²) in [5.74, 6) is 0.0323. The molecule has 162 valence electrons. The van der Waals surface area contributed by atoms with Gasteiger partial charge in [-0.15, -0.1) is 0 Å². The molecule has 1 aromatic carbocycles. The van der Waals surface area contributed by atoms with Crippen molar-refractivity contribution >= 4 is 47.6 Å². The molecule has 3 amide bonds. The second kappa shape index (κ2) is 7.27. The summed E-state index contributed by atoms with van der Waals surface area (Å²) >= 11 is 0. The summed E-state index contributed by atoms with van der Waals surface area (Å²) in [6.45, 7) is 1.87. The van der Waals surface area contributed by atoms with Gasteiger partial charge in [-0.2, -0.15) is 9.61 Å². The number of hydrogen-bond acceptors (Lipinski definition) is 7. The van der Waals surface area contributed by atoms with E-state index in [0.29, 0.717) is 48.8 Å². The molecule has 5 heterocycles. The molecule has 10 nitrogen and oxygen atoms in total. The van der Waals surface area contributed by atoms with Crippen molar-refractivity contribution in [2.24, 2.45) is 0 Å². The minimum Gasteiger partial charge on any atom is -0.384 e. The number of fused-ring (bicyclic) bond motifs is 3. The highest BCUT2D eigenvalue weighted by Crippen LogP contribution is 2.27.